The normalized spacial score (nSPS) is 25.6. The fourth-order valence-electron chi connectivity index (χ4n) is 4.34. The maximum absolute atomic E-state index is 10.8. The first-order valence-electron chi connectivity index (χ1n) is 11.9. The SMILES string of the molecule is C=C[C@H]1O[C@]2(CCCCCCCCCCCCCCCOS(C)(=O)=O)CC=C[C@H]1O2. The van der Waals surface area contributed by atoms with Gasteiger partial charge in [0.15, 0.2) is 5.79 Å². The summed E-state index contributed by atoms with van der Waals surface area (Å²) in [5.41, 5.74) is 0. The van der Waals surface area contributed by atoms with Gasteiger partial charge in [-0.05, 0) is 12.8 Å². The molecule has 2 heterocycles. The highest BCUT2D eigenvalue weighted by atomic mass is 32.2. The second kappa shape index (κ2) is 13.7. The van der Waals surface area contributed by atoms with Crippen LogP contribution in [0.4, 0.5) is 0 Å². The first-order valence-corrected chi connectivity index (χ1v) is 13.8. The minimum Gasteiger partial charge on any atom is -0.339 e. The third kappa shape index (κ3) is 10.1. The highest BCUT2D eigenvalue weighted by Crippen LogP contribution is 2.40. The molecule has 174 valence electrons. The number of fused-ring (bicyclic) bond motifs is 2. The summed E-state index contributed by atoms with van der Waals surface area (Å²) in [6, 6.07) is 0. The molecule has 0 unspecified atom stereocenters. The highest BCUT2D eigenvalue weighted by Gasteiger charge is 2.46. The molecule has 2 bridgehead atoms. The van der Waals surface area contributed by atoms with Gasteiger partial charge in [-0.2, -0.15) is 8.42 Å². The summed E-state index contributed by atoms with van der Waals surface area (Å²) in [7, 11) is -3.27. The van der Waals surface area contributed by atoms with Gasteiger partial charge in [0.2, 0.25) is 0 Å². The Morgan fingerprint density at radius 2 is 1.47 bits per heavy atom. The Morgan fingerprint density at radius 3 is 2.00 bits per heavy atom. The molecular formula is C24H42O5S. The van der Waals surface area contributed by atoms with Crippen molar-refractivity contribution in [1.82, 2.24) is 0 Å². The highest BCUT2D eigenvalue weighted by molar-refractivity contribution is 7.85. The third-order valence-corrected chi connectivity index (χ3v) is 6.61. The predicted octanol–water partition coefficient (Wildman–Crippen LogP) is 6.05. The Morgan fingerprint density at radius 1 is 0.933 bits per heavy atom. The van der Waals surface area contributed by atoms with Crippen LogP contribution < -0.4 is 0 Å². The zero-order valence-corrected chi connectivity index (χ0v) is 19.7. The average molecular weight is 443 g/mol. The molecule has 30 heavy (non-hydrogen) atoms. The second-order valence-corrected chi connectivity index (χ2v) is 10.5. The fraction of sp³-hybridized carbons (Fsp3) is 0.833. The maximum atomic E-state index is 10.8. The molecule has 3 atom stereocenters. The van der Waals surface area contributed by atoms with Crippen molar-refractivity contribution in [2.24, 2.45) is 0 Å². The monoisotopic (exact) mass is 442 g/mol. The quantitative estimate of drug-likeness (QED) is 0.147. The summed E-state index contributed by atoms with van der Waals surface area (Å²) in [6.45, 7) is 4.18. The van der Waals surface area contributed by atoms with Crippen LogP contribution in [0.1, 0.15) is 96.3 Å². The largest absolute Gasteiger partial charge is 0.339 e. The first-order chi connectivity index (χ1) is 14.4. The Balaban J connectivity index is 1.33. The van der Waals surface area contributed by atoms with Crippen molar-refractivity contribution in [3.05, 3.63) is 24.8 Å². The molecule has 0 amide bonds. The van der Waals surface area contributed by atoms with Crippen molar-refractivity contribution in [1.29, 1.82) is 0 Å². The smallest absolute Gasteiger partial charge is 0.264 e. The minimum atomic E-state index is -3.27. The fourth-order valence-corrected chi connectivity index (χ4v) is 4.76. The lowest BCUT2D eigenvalue weighted by Crippen LogP contribution is -2.32. The van der Waals surface area contributed by atoms with Crippen molar-refractivity contribution in [3.63, 3.8) is 0 Å². The molecule has 1 fully saturated rings. The van der Waals surface area contributed by atoms with Crippen LogP contribution >= 0.6 is 0 Å². The molecule has 0 saturated carbocycles. The average Bonchev–Trinajstić information content (AvgIpc) is 2.96. The summed E-state index contributed by atoms with van der Waals surface area (Å²) < 4.78 is 38.7. The van der Waals surface area contributed by atoms with Gasteiger partial charge in [0.1, 0.15) is 12.2 Å². The zero-order chi connectivity index (χ0) is 21.7. The van der Waals surface area contributed by atoms with Crippen LogP contribution in [0, 0.1) is 0 Å². The molecule has 0 aromatic rings. The molecule has 1 saturated heterocycles. The Bertz CT molecular complexity index is 615. The van der Waals surface area contributed by atoms with Gasteiger partial charge < -0.3 is 9.47 Å². The van der Waals surface area contributed by atoms with E-state index in [1.807, 2.05) is 6.08 Å². The Kier molecular flexibility index (Phi) is 11.6. The van der Waals surface area contributed by atoms with E-state index in [2.05, 4.69) is 18.7 Å². The standard InChI is InChI=1S/C24H42O5S/c1-3-22-23-18-17-20-24(28-22,29-23)19-15-13-11-9-7-5-4-6-8-10-12-14-16-21-27-30(2,25)26/h3,17-18,22-23H,1,4-16,19-21H2,2H3/t22-,23-,24+/m1/s1. The van der Waals surface area contributed by atoms with E-state index in [1.165, 1.54) is 70.6 Å². The van der Waals surface area contributed by atoms with Crippen LogP contribution in [0.15, 0.2) is 24.8 Å². The molecule has 2 aliphatic rings. The third-order valence-electron chi connectivity index (χ3n) is 6.01. The van der Waals surface area contributed by atoms with Gasteiger partial charge in [0, 0.05) is 12.8 Å². The van der Waals surface area contributed by atoms with E-state index in [4.69, 9.17) is 13.7 Å². The van der Waals surface area contributed by atoms with Gasteiger partial charge in [0.25, 0.3) is 10.1 Å². The zero-order valence-electron chi connectivity index (χ0n) is 18.9. The molecule has 0 aliphatic carbocycles. The Labute approximate surface area is 184 Å². The van der Waals surface area contributed by atoms with Gasteiger partial charge in [-0.15, -0.1) is 6.58 Å². The molecule has 5 nitrogen and oxygen atoms in total. The number of unbranched alkanes of at least 4 members (excludes halogenated alkanes) is 12. The van der Waals surface area contributed by atoms with Crippen LogP contribution in [-0.4, -0.2) is 39.3 Å². The van der Waals surface area contributed by atoms with E-state index in [1.54, 1.807) is 0 Å². The van der Waals surface area contributed by atoms with Crippen molar-refractivity contribution in [2.75, 3.05) is 12.9 Å². The number of hydrogen-bond acceptors (Lipinski definition) is 5. The van der Waals surface area contributed by atoms with E-state index < -0.39 is 10.1 Å². The molecule has 0 aromatic heterocycles. The molecule has 2 rings (SSSR count). The summed E-state index contributed by atoms with van der Waals surface area (Å²) in [4.78, 5) is 0. The van der Waals surface area contributed by atoms with Crippen molar-refractivity contribution >= 4 is 10.1 Å². The van der Waals surface area contributed by atoms with E-state index >= 15 is 0 Å². The van der Waals surface area contributed by atoms with Crippen LogP contribution in [0.5, 0.6) is 0 Å². The number of ether oxygens (including phenoxy) is 2. The van der Waals surface area contributed by atoms with Crippen LogP contribution in [0.2, 0.25) is 0 Å². The van der Waals surface area contributed by atoms with Crippen molar-refractivity contribution in [3.8, 4) is 0 Å². The lowest BCUT2D eigenvalue weighted by Gasteiger charge is -2.28. The molecule has 0 aromatic carbocycles. The van der Waals surface area contributed by atoms with Gasteiger partial charge in [-0.1, -0.05) is 88.9 Å². The number of hydrogen-bond donors (Lipinski definition) is 0. The second-order valence-electron chi connectivity index (χ2n) is 8.82. The number of rotatable bonds is 18. The molecule has 0 spiro atoms. The molecule has 0 N–H and O–H groups in total. The molecule has 6 heteroatoms. The van der Waals surface area contributed by atoms with E-state index in [0.29, 0.717) is 6.61 Å². The van der Waals surface area contributed by atoms with Crippen molar-refractivity contribution in [2.45, 2.75) is 114 Å². The summed E-state index contributed by atoms with van der Waals surface area (Å²) in [5, 5.41) is 0. The lowest BCUT2D eigenvalue weighted by molar-refractivity contribution is -0.175. The lowest BCUT2D eigenvalue weighted by atomic mass is 10.0. The minimum absolute atomic E-state index is 0.0117. The van der Waals surface area contributed by atoms with E-state index in [-0.39, 0.29) is 18.0 Å². The molecule has 2 aliphatic heterocycles. The van der Waals surface area contributed by atoms with Crippen molar-refractivity contribution < 1.29 is 22.1 Å². The summed E-state index contributed by atoms with van der Waals surface area (Å²) in [6.07, 6.45) is 25.2. The van der Waals surface area contributed by atoms with Crippen LogP contribution in [0.25, 0.3) is 0 Å². The first kappa shape index (κ1) is 25.6. The van der Waals surface area contributed by atoms with E-state index in [0.717, 1.165) is 31.9 Å². The van der Waals surface area contributed by atoms with Crippen LogP contribution in [0.3, 0.4) is 0 Å². The Hall–Kier alpha value is -0.690. The topological polar surface area (TPSA) is 61.8 Å². The molecular weight excluding hydrogens is 400 g/mol. The van der Waals surface area contributed by atoms with E-state index in [9.17, 15) is 8.42 Å². The van der Waals surface area contributed by atoms with Crippen LogP contribution in [-0.2, 0) is 23.8 Å². The summed E-state index contributed by atoms with van der Waals surface area (Å²) >= 11 is 0. The maximum Gasteiger partial charge on any atom is 0.264 e. The van der Waals surface area contributed by atoms with Gasteiger partial charge >= 0.3 is 0 Å². The summed E-state index contributed by atoms with van der Waals surface area (Å²) in [5.74, 6) is -0.390. The van der Waals surface area contributed by atoms with Gasteiger partial charge in [0.05, 0.1) is 12.9 Å². The van der Waals surface area contributed by atoms with Gasteiger partial charge in [-0.25, -0.2) is 0 Å². The molecule has 0 radical (unpaired) electrons. The van der Waals surface area contributed by atoms with Gasteiger partial charge in [-0.3, -0.25) is 4.18 Å². The predicted molar refractivity (Wildman–Crippen MR) is 122 cm³/mol.